The first-order valence-electron chi connectivity index (χ1n) is 7.76. The van der Waals surface area contributed by atoms with E-state index in [9.17, 15) is 9.59 Å². The summed E-state index contributed by atoms with van der Waals surface area (Å²) in [5, 5.41) is 16.7. The summed E-state index contributed by atoms with van der Waals surface area (Å²) < 4.78 is 10.1. The van der Waals surface area contributed by atoms with Gasteiger partial charge < -0.3 is 25.0 Å². The summed E-state index contributed by atoms with van der Waals surface area (Å²) in [6.45, 7) is 5.62. The van der Waals surface area contributed by atoms with E-state index in [-0.39, 0.29) is 5.92 Å². The van der Waals surface area contributed by atoms with E-state index in [1.165, 1.54) is 26.2 Å². The van der Waals surface area contributed by atoms with Crippen LogP contribution in [0.1, 0.15) is 52.9 Å². The van der Waals surface area contributed by atoms with Crippen molar-refractivity contribution in [1.82, 2.24) is 5.32 Å². The third-order valence-corrected chi connectivity index (χ3v) is 3.31. The van der Waals surface area contributed by atoms with Gasteiger partial charge in [-0.05, 0) is 18.8 Å². The summed E-state index contributed by atoms with van der Waals surface area (Å²) >= 11 is 0. The Morgan fingerprint density at radius 2 is 1.61 bits per heavy atom. The van der Waals surface area contributed by atoms with Crippen LogP contribution in [0.15, 0.2) is 0 Å². The molecule has 3 N–H and O–H groups in total. The molecule has 8 nitrogen and oxygen atoms in total. The number of rotatable bonds is 5. The predicted octanol–water partition coefficient (Wildman–Crippen LogP) is 3.06. The number of alkyl carbamates (subject to hydrolysis) is 1. The highest BCUT2D eigenvalue weighted by Gasteiger charge is 2.22. The zero-order valence-corrected chi connectivity index (χ0v) is 13.9. The van der Waals surface area contributed by atoms with Crippen molar-refractivity contribution in [2.24, 2.45) is 11.8 Å². The second kappa shape index (κ2) is 11.6. The number of hydrogen-bond donors (Lipinski definition) is 3. The van der Waals surface area contributed by atoms with Gasteiger partial charge in [-0.3, -0.25) is 4.79 Å². The Kier molecular flexibility index (Phi) is 10.6. The topological polar surface area (TPSA) is 122 Å². The van der Waals surface area contributed by atoms with Gasteiger partial charge in [0.2, 0.25) is 0 Å². The molecule has 8 heteroatoms. The third-order valence-electron chi connectivity index (χ3n) is 3.31. The fraction of sp³-hybridized carbons (Fsp3) is 0.800. The average Bonchev–Trinajstić information content (AvgIpc) is 2.44. The molecule has 1 saturated carbocycles. The van der Waals surface area contributed by atoms with E-state index in [2.05, 4.69) is 5.32 Å². The fourth-order valence-electron chi connectivity index (χ4n) is 2.23. The lowest BCUT2D eigenvalue weighted by molar-refractivity contribution is -0.172. The maximum Gasteiger partial charge on any atom is 0.503 e. The summed E-state index contributed by atoms with van der Waals surface area (Å²) in [5.41, 5.74) is 0. The second-order valence-electron chi connectivity index (χ2n) is 5.79. The minimum atomic E-state index is -1.83. The first kappa shape index (κ1) is 21.0. The third kappa shape index (κ3) is 12.3. The van der Waals surface area contributed by atoms with E-state index in [1.54, 1.807) is 0 Å². The Balaban J connectivity index is 0.00000108. The van der Waals surface area contributed by atoms with E-state index in [4.69, 9.17) is 24.5 Å². The zero-order chi connectivity index (χ0) is 17.8. The van der Waals surface area contributed by atoms with Crippen molar-refractivity contribution in [2.45, 2.75) is 59.2 Å². The van der Waals surface area contributed by atoms with Crippen LogP contribution < -0.4 is 5.32 Å². The lowest BCUT2D eigenvalue weighted by Gasteiger charge is -2.23. The van der Waals surface area contributed by atoms with Crippen molar-refractivity contribution in [3.63, 3.8) is 0 Å². The summed E-state index contributed by atoms with van der Waals surface area (Å²) in [4.78, 5) is 31.1. The number of amides is 1. The van der Waals surface area contributed by atoms with E-state index >= 15 is 0 Å². The van der Waals surface area contributed by atoms with Crippen molar-refractivity contribution >= 4 is 18.2 Å². The number of nitrogens with one attached hydrogen (secondary N) is 1. The maximum absolute atomic E-state index is 11.7. The van der Waals surface area contributed by atoms with Crippen molar-refractivity contribution in [2.75, 3.05) is 6.54 Å². The Labute approximate surface area is 136 Å². The van der Waals surface area contributed by atoms with Crippen LogP contribution in [0, 0.1) is 11.8 Å². The van der Waals surface area contributed by atoms with E-state index in [0.717, 1.165) is 12.8 Å². The lowest BCUT2D eigenvalue weighted by atomic mass is 9.89. The molecule has 1 atom stereocenters. The average molecular weight is 333 g/mol. The summed E-state index contributed by atoms with van der Waals surface area (Å²) in [6.07, 6.45) is 2.94. The van der Waals surface area contributed by atoms with Gasteiger partial charge in [-0.1, -0.05) is 33.1 Å². The second-order valence-corrected chi connectivity index (χ2v) is 5.79. The van der Waals surface area contributed by atoms with Crippen LogP contribution in [0.25, 0.3) is 0 Å². The molecular weight excluding hydrogens is 306 g/mol. The SMILES string of the molecule is CC(=O)OC(OC(=O)NCC1CCCCC1)C(C)C.O=C(O)O. The van der Waals surface area contributed by atoms with E-state index in [1.807, 2.05) is 13.8 Å². The van der Waals surface area contributed by atoms with Crippen LogP contribution in [0.4, 0.5) is 9.59 Å². The first-order chi connectivity index (χ1) is 10.7. The molecule has 1 fully saturated rings. The molecule has 1 amide bonds. The Bertz CT molecular complexity index is 374. The lowest BCUT2D eigenvalue weighted by Crippen LogP contribution is -2.36. The minimum Gasteiger partial charge on any atom is -0.450 e. The molecule has 23 heavy (non-hydrogen) atoms. The standard InChI is InChI=1S/C14H25NO4.CH2O3/c1-10(2)13(18-11(3)16)19-14(17)15-9-12-7-5-4-6-8-12;2-1(3)4/h10,12-13H,4-9H2,1-3H3,(H,15,17);(H2,2,3,4). The Morgan fingerprint density at radius 1 is 1.09 bits per heavy atom. The van der Waals surface area contributed by atoms with Crippen molar-refractivity contribution in [1.29, 1.82) is 0 Å². The van der Waals surface area contributed by atoms with E-state index < -0.39 is 24.5 Å². The fourth-order valence-corrected chi connectivity index (χ4v) is 2.23. The number of hydrogen-bond acceptors (Lipinski definition) is 5. The molecule has 0 aromatic heterocycles. The molecule has 0 aromatic rings. The Hall–Kier alpha value is -1.99. The van der Waals surface area contributed by atoms with Crippen LogP contribution in [-0.4, -0.2) is 41.3 Å². The zero-order valence-electron chi connectivity index (χ0n) is 13.9. The van der Waals surface area contributed by atoms with Gasteiger partial charge in [0.1, 0.15) is 0 Å². The molecule has 1 rings (SSSR count). The van der Waals surface area contributed by atoms with Crippen molar-refractivity contribution < 1.29 is 34.1 Å². The molecule has 1 unspecified atom stereocenters. The molecule has 0 radical (unpaired) electrons. The van der Waals surface area contributed by atoms with Crippen LogP contribution >= 0.6 is 0 Å². The molecular formula is C15H27NO7. The van der Waals surface area contributed by atoms with E-state index in [0.29, 0.717) is 12.5 Å². The molecule has 134 valence electrons. The molecule has 0 aliphatic heterocycles. The van der Waals surface area contributed by atoms with Crippen LogP contribution in [0.5, 0.6) is 0 Å². The number of carboxylic acid groups (broad SMARTS) is 2. The van der Waals surface area contributed by atoms with Gasteiger partial charge >= 0.3 is 18.2 Å². The number of carbonyl (C=O) groups excluding carboxylic acids is 2. The first-order valence-corrected chi connectivity index (χ1v) is 7.76. The molecule has 0 spiro atoms. The molecule has 1 aliphatic carbocycles. The van der Waals surface area contributed by atoms with Crippen LogP contribution in [0.2, 0.25) is 0 Å². The van der Waals surface area contributed by atoms with Crippen molar-refractivity contribution in [3.05, 3.63) is 0 Å². The van der Waals surface area contributed by atoms with Gasteiger partial charge in [-0.2, -0.15) is 0 Å². The van der Waals surface area contributed by atoms with Gasteiger partial charge in [-0.25, -0.2) is 9.59 Å². The number of ether oxygens (including phenoxy) is 2. The van der Waals surface area contributed by atoms with Gasteiger partial charge in [0, 0.05) is 19.4 Å². The highest BCUT2D eigenvalue weighted by Crippen LogP contribution is 2.22. The summed E-state index contributed by atoms with van der Waals surface area (Å²) in [7, 11) is 0. The Morgan fingerprint density at radius 3 is 2.04 bits per heavy atom. The monoisotopic (exact) mass is 333 g/mol. The summed E-state index contributed by atoms with van der Waals surface area (Å²) in [5.74, 6) is 0.0376. The number of esters is 1. The minimum absolute atomic E-state index is 0.0654. The molecule has 0 heterocycles. The maximum atomic E-state index is 11.7. The highest BCUT2D eigenvalue weighted by atomic mass is 16.7. The smallest absolute Gasteiger partial charge is 0.450 e. The largest absolute Gasteiger partial charge is 0.503 e. The molecule has 0 bridgehead atoms. The molecule has 0 saturated heterocycles. The molecule has 1 aliphatic rings. The van der Waals surface area contributed by atoms with Gasteiger partial charge in [-0.15, -0.1) is 0 Å². The van der Waals surface area contributed by atoms with Crippen LogP contribution in [0.3, 0.4) is 0 Å². The predicted molar refractivity (Wildman–Crippen MR) is 82.1 cm³/mol. The quantitative estimate of drug-likeness (QED) is 0.522. The normalized spacial score (nSPS) is 15.8. The van der Waals surface area contributed by atoms with Gasteiger partial charge in [0.05, 0.1) is 0 Å². The van der Waals surface area contributed by atoms with Crippen molar-refractivity contribution in [3.8, 4) is 0 Å². The van der Waals surface area contributed by atoms with Gasteiger partial charge in [0.15, 0.2) is 0 Å². The van der Waals surface area contributed by atoms with Crippen LogP contribution in [-0.2, 0) is 14.3 Å². The highest BCUT2D eigenvalue weighted by molar-refractivity contribution is 5.68. The number of carbonyl (C=O) groups is 3. The van der Waals surface area contributed by atoms with Gasteiger partial charge in [0.25, 0.3) is 6.29 Å². The molecule has 0 aromatic carbocycles. The summed E-state index contributed by atoms with van der Waals surface area (Å²) in [6, 6.07) is 0.